The lowest BCUT2D eigenvalue weighted by atomic mass is 9.90. The average molecular weight is 338 g/mol. The Balaban J connectivity index is 2.42. The molecule has 0 amide bonds. The Labute approximate surface area is 117 Å². The highest BCUT2D eigenvalue weighted by Crippen LogP contribution is 2.44. The summed E-state index contributed by atoms with van der Waals surface area (Å²) in [5, 5.41) is 9.86. The van der Waals surface area contributed by atoms with E-state index in [0.29, 0.717) is 0 Å². The highest BCUT2D eigenvalue weighted by atomic mass is 79.9. The Morgan fingerprint density at radius 1 is 1.26 bits per heavy atom. The summed E-state index contributed by atoms with van der Waals surface area (Å²) in [5.41, 5.74) is 5.17. The molecule has 1 atom stereocenters. The fraction of sp³-hybridized carbons (Fsp3) is 0.538. The molecule has 2 rings (SSSR count). The summed E-state index contributed by atoms with van der Waals surface area (Å²) < 4.78 is 38.8. The Kier molecular flexibility index (Phi) is 4.11. The zero-order chi connectivity index (χ0) is 14.2. The van der Waals surface area contributed by atoms with Crippen molar-refractivity contribution >= 4 is 15.9 Å². The van der Waals surface area contributed by atoms with Crippen molar-refractivity contribution in [3.8, 4) is 5.75 Å². The lowest BCUT2D eigenvalue weighted by Crippen LogP contribution is -2.20. The van der Waals surface area contributed by atoms with Gasteiger partial charge >= 0.3 is 6.18 Å². The fourth-order valence-electron chi connectivity index (χ4n) is 2.66. The lowest BCUT2D eigenvalue weighted by molar-refractivity contribution is -0.138. The van der Waals surface area contributed by atoms with Crippen LogP contribution in [0.3, 0.4) is 0 Å². The first kappa shape index (κ1) is 14.7. The monoisotopic (exact) mass is 337 g/mol. The van der Waals surface area contributed by atoms with Crippen LogP contribution in [-0.4, -0.2) is 5.11 Å². The molecule has 0 bridgehead atoms. The van der Waals surface area contributed by atoms with Crippen LogP contribution in [0, 0.1) is 5.92 Å². The van der Waals surface area contributed by atoms with Gasteiger partial charge in [0.05, 0.1) is 5.56 Å². The van der Waals surface area contributed by atoms with Crippen LogP contribution in [-0.2, 0) is 6.18 Å². The summed E-state index contributed by atoms with van der Waals surface area (Å²) >= 11 is 3.05. The molecule has 0 spiro atoms. The van der Waals surface area contributed by atoms with E-state index in [0.717, 1.165) is 31.7 Å². The van der Waals surface area contributed by atoms with Crippen molar-refractivity contribution in [2.75, 3.05) is 0 Å². The van der Waals surface area contributed by atoms with Crippen LogP contribution in [0.4, 0.5) is 13.2 Å². The van der Waals surface area contributed by atoms with Crippen LogP contribution < -0.4 is 5.73 Å². The molecule has 1 aliphatic rings. The second-order valence-electron chi connectivity index (χ2n) is 4.96. The number of alkyl halides is 3. The first-order chi connectivity index (χ1) is 8.80. The lowest BCUT2D eigenvalue weighted by Gasteiger charge is -2.22. The van der Waals surface area contributed by atoms with E-state index in [4.69, 9.17) is 5.73 Å². The minimum Gasteiger partial charge on any atom is -0.507 e. The molecule has 0 heterocycles. The minimum atomic E-state index is -4.59. The number of phenols is 1. The van der Waals surface area contributed by atoms with E-state index in [1.54, 1.807) is 0 Å². The fourth-order valence-corrected chi connectivity index (χ4v) is 3.14. The second-order valence-corrected chi connectivity index (χ2v) is 5.87. The molecular weight excluding hydrogens is 323 g/mol. The van der Waals surface area contributed by atoms with Crippen LogP contribution in [0.2, 0.25) is 0 Å². The molecule has 1 fully saturated rings. The standard InChI is InChI=1S/C13H15BrF3NO/c14-8-5-9(11(18)7-3-1-2-4-7)12(19)10(6-8)13(15,16)17/h5-7,11,19H,1-4,18H2/t11-/m0/s1. The summed E-state index contributed by atoms with van der Waals surface area (Å²) in [6.07, 6.45) is -0.709. The Hall–Kier alpha value is -0.750. The van der Waals surface area contributed by atoms with E-state index in [-0.39, 0.29) is 16.0 Å². The topological polar surface area (TPSA) is 46.2 Å². The van der Waals surface area contributed by atoms with E-state index >= 15 is 0 Å². The molecule has 106 valence electrons. The van der Waals surface area contributed by atoms with Crippen LogP contribution in [0.15, 0.2) is 16.6 Å². The average Bonchev–Trinajstić information content (AvgIpc) is 2.83. The second kappa shape index (κ2) is 5.32. The Bertz CT molecular complexity index is 470. The SMILES string of the molecule is N[C@H](c1cc(Br)cc(C(F)(F)F)c1O)C1CCCC1. The first-order valence-electron chi connectivity index (χ1n) is 6.16. The van der Waals surface area contributed by atoms with Gasteiger partial charge in [0.15, 0.2) is 0 Å². The zero-order valence-corrected chi connectivity index (χ0v) is 11.8. The molecule has 6 heteroatoms. The van der Waals surface area contributed by atoms with Gasteiger partial charge in [-0.15, -0.1) is 0 Å². The van der Waals surface area contributed by atoms with Crippen LogP contribution in [0.5, 0.6) is 5.75 Å². The first-order valence-corrected chi connectivity index (χ1v) is 6.95. The quantitative estimate of drug-likeness (QED) is 0.841. The molecule has 1 aliphatic carbocycles. The van der Waals surface area contributed by atoms with Gasteiger partial charge in [0.2, 0.25) is 0 Å². The maximum absolute atomic E-state index is 12.8. The van der Waals surface area contributed by atoms with Gasteiger partial charge in [-0.05, 0) is 30.9 Å². The number of halogens is 4. The molecule has 1 aromatic rings. The Morgan fingerprint density at radius 3 is 2.37 bits per heavy atom. The summed E-state index contributed by atoms with van der Waals surface area (Å²) in [7, 11) is 0. The van der Waals surface area contributed by atoms with Gasteiger partial charge in [-0.25, -0.2) is 0 Å². The Morgan fingerprint density at radius 2 is 1.84 bits per heavy atom. The number of nitrogens with two attached hydrogens (primary N) is 1. The van der Waals surface area contributed by atoms with Gasteiger partial charge in [0, 0.05) is 16.1 Å². The van der Waals surface area contributed by atoms with Gasteiger partial charge in [-0.2, -0.15) is 13.2 Å². The van der Waals surface area contributed by atoms with Crippen LogP contribution in [0.1, 0.15) is 42.9 Å². The number of aromatic hydroxyl groups is 1. The molecule has 2 nitrogen and oxygen atoms in total. The van der Waals surface area contributed by atoms with Gasteiger partial charge in [-0.1, -0.05) is 28.8 Å². The van der Waals surface area contributed by atoms with Crippen molar-refractivity contribution in [2.45, 2.75) is 37.9 Å². The maximum Gasteiger partial charge on any atom is 0.420 e. The summed E-state index contributed by atoms with van der Waals surface area (Å²) in [6, 6.07) is 1.80. The zero-order valence-electron chi connectivity index (χ0n) is 10.2. The third-order valence-corrected chi connectivity index (χ3v) is 4.13. The molecule has 1 aromatic carbocycles. The normalized spacial score (nSPS) is 18.8. The van der Waals surface area contributed by atoms with Crippen molar-refractivity contribution in [1.29, 1.82) is 0 Å². The van der Waals surface area contributed by atoms with Gasteiger partial charge in [0.1, 0.15) is 5.75 Å². The van der Waals surface area contributed by atoms with E-state index in [2.05, 4.69) is 15.9 Å². The molecule has 0 radical (unpaired) electrons. The van der Waals surface area contributed by atoms with E-state index in [1.807, 2.05) is 0 Å². The largest absolute Gasteiger partial charge is 0.507 e. The number of phenolic OH excluding ortho intramolecular Hbond substituents is 1. The van der Waals surface area contributed by atoms with Gasteiger partial charge < -0.3 is 10.8 Å². The number of benzene rings is 1. The molecule has 3 N–H and O–H groups in total. The molecule has 0 aliphatic heterocycles. The predicted molar refractivity (Wildman–Crippen MR) is 69.7 cm³/mol. The maximum atomic E-state index is 12.8. The minimum absolute atomic E-state index is 0.140. The molecule has 19 heavy (non-hydrogen) atoms. The summed E-state index contributed by atoms with van der Waals surface area (Å²) in [4.78, 5) is 0. The summed E-state index contributed by atoms with van der Waals surface area (Å²) in [5.74, 6) is -0.601. The van der Waals surface area contributed by atoms with Crippen molar-refractivity contribution in [3.63, 3.8) is 0 Å². The molecule has 0 unspecified atom stereocenters. The summed E-state index contributed by atoms with van der Waals surface area (Å²) in [6.45, 7) is 0. The predicted octanol–water partition coefficient (Wildman–Crippen LogP) is 4.36. The third-order valence-electron chi connectivity index (χ3n) is 3.68. The van der Waals surface area contributed by atoms with Gasteiger partial charge in [-0.3, -0.25) is 0 Å². The highest BCUT2D eigenvalue weighted by Gasteiger charge is 2.37. The number of rotatable bonds is 2. The molecule has 0 saturated heterocycles. The smallest absolute Gasteiger partial charge is 0.420 e. The van der Waals surface area contributed by atoms with Crippen molar-refractivity contribution < 1.29 is 18.3 Å². The van der Waals surface area contributed by atoms with Crippen molar-refractivity contribution in [2.24, 2.45) is 11.7 Å². The van der Waals surface area contributed by atoms with E-state index in [9.17, 15) is 18.3 Å². The van der Waals surface area contributed by atoms with Crippen molar-refractivity contribution in [1.82, 2.24) is 0 Å². The number of hydrogen-bond acceptors (Lipinski definition) is 2. The van der Waals surface area contributed by atoms with E-state index < -0.39 is 23.5 Å². The van der Waals surface area contributed by atoms with Gasteiger partial charge in [0.25, 0.3) is 0 Å². The molecule has 0 aromatic heterocycles. The highest BCUT2D eigenvalue weighted by molar-refractivity contribution is 9.10. The number of hydrogen-bond donors (Lipinski definition) is 2. The van der Waals surface area contributed by atoms with Crippen molar-refractivity contribution in [3.05, 3.63) is 27.7 Å². The van der Waals surface area contributed by atoms with E-state index in [1.165, 1.54) is 6.07 Å². The van der Waals surface area contributed by atoms with Crippen LogP contribution >= 0.6 is 15.9 Å². The molecular formula is C13H15BrF3NO. The molecule has 1 saturated carbocycles. The third kappa shape index (κ3) is 3.05. The van der Waals surface area contributed by atoms with Crippen LogP contribution in [0.25, 0.3) is 0 Å².